The van der Waals surface area contributed by atoms with E-state index in [1.807, 2.05) is 0 Å². The molecule has 0 spiro atoms. The van der Waals surface area contributed by atoms with E-state index < -0.39 is 38.7 Å². The Balaban J connectivity index is 1.59. The lowest BCUT2D eigenvalue weighted by molar-refractivity contribution is -0.139. The van der Waals surface area contributed by atoms with E-state index in [1.165, 1.54) is 23.5 Å². The highest BCUT2D eigenvalue weighted by molar-refractivity contribution is 7.89. The molecule has 1 unspecified atom stereocenters. The first kappa shape index (κ1) is 23.2. The van der Waals surface area contributed by atoms with Gasteiger partial charge in [0.2, 0.25) is 10.0 Å². The highest BCUT2D eigenvalue weighted by Gasteiger charge is 2.38. The van der Waals surface area contributed by atoms with Crippen LogP contribution in [-0.2, 0) is 33.8 Å². The quantitative estimate of drug-likeness (QED) is 0.475. The van der Waals surface area contributed by atoms with Gasteiger partial charge >= 0.3 is 12.1 Å². The normalized spacial score (nSPS) is 16.3. The van der Waals surface area contributed by atoms with Crippen molar-refractivity contribution in [2.45, 2.75) is 30.0 Å². The predicted octanol–water partition coefficient (Wildman–Crippen LogP) is 4.98. The summed E-state index contributed by atoms with van der Waals surface area (Å²) in [6.45, 7) is 0. The van der Waals surface area contributed by atoms with Gasteiger partial charge in [0.15, 0.2) is 0 Å². The molecule has 1 aromatic heterocycles. The molecule has 33 heavy (non-hydrogen) atoms. The Morgan fingerprint density at radius 1 is 1.06 bits per heavy atom. The predicted molar refractivity (Wildman–Crippen MR) is 119 cm³/mol. The molecule has 4 rings (SSSR count). The summed E-state index contributed by atoms with van der Waals surface area (Å²) in [6.07, 6.45) is -1.82. The van der Waals surface area contributed by atoms with Gasteiger partial charge in [-0.25, -0.2) is 17.9 Å². The molecule has 3 aromatic rings. The van der Waals surface area contributed by atoms with Crippen LogP contribution in [0.5, 0.6) is 0 Å². The van der Waals surface area contributed by atoms with Crippen LogP contribution >= 0.6 is 11.3 Å². The fourth-order valence-corrected chi connectivity index (χ4v) is 5.98. The van der Waals surface area contributed by atoms with E-state index in [-0.39, 0.29) is 12.0 Å². The van der Waals surface area contributed by atoms with Gasteiger partial charge in [-0.3, -0.25) is 0 Å². The zero-order chi connectivity index (χ0) is 23.8. The molecule has 0 radical (unpaired) electrons. The zero-order valence-electron chi connectivity index (χ0n) is 17.0. The third-order valence-corrected chi connectivity index (χ3v) is 7.59. The largest absolute Gasteiger partial charge is 0.478 e. The van der Waals surface area contributed by atoms with Gasteiger partial charge in [0.1, 0.15) is 0 Å². The molecule has 2 aromatic carbocycles. The van der Waals surface area contributed by atoms with E-state index in [9.17, 15) is 26.4 Å². The van der Waals surface area contributed by atoms with Crippen LogP contribution < -0.4 is 4.72 Å². The fourth-order valence-electron chi connectivity index (χ4n) is 3.87. The molecule has 1 atom stereocenters. The number of aliphatic carboxylic acids is 1. The van der Waals surface area contributed by atoms with Gasteiger partial charge in [-0.15, -0.1) is 0 Å². The monoisotopic (exact) mass is 493 g/mol. The van der Waals surface area contributed by atoms with Crippen LogP contribution in [0.25, 0.3) is 17.2 Å². The van der Waals surface area contributed by atoms with Crippen molar-refractivity contribution in [1.29, 1.82) is 0 Å². The number of alkyl halides is 3. The van der Waals surface area contributed by atoms with Crippen molar-refractivity contribution in [2.75, 3.05) is 0 Å². The number of carbonyl (C=O) groups is 1. The standard InChI is InChI=1S/C23H18F3NO4S2/c24-23(25,26)20-12-16(17-7-8-32-13-17)4-5-21(20)33(30,31)27-19-10-15-3-1-14(2-6-22(28)29)9-18(15)11-19/h1-9,12-13,19,27H,10-11H2,(H,28,29). The first-order valence-electron chi connectivity index (χ1n) is 9.82. The van der Waals surface area contributed by atoms with Crippen molar-refractivity contribution in [2.24, 2.45) is 0 Å². The summed E-state index contributed by atoms with van der Waals surface area (Å²) in [7, 11) is -4.45. The maximum atomic E-state index is 13.8. The topological polar surface area (TPSA) is 83.5 Å². The lowest BCUT2D eigenvalue weighted by Gasteiger charge is -2.18. The zero-order valence-corrected chi connectivity index (χ0v) is 18.6. The van der Waals surface area contributed by atoms with E-state index in [0.717, 1.165) is 29.3 Å². The van der Waals surface area contributed by atoms with Crippen LogP contribution in [0.2, 0.25) is 0 Å². The van der Waals surface area contributed by atoms with E-state index in [1.54, 1.807) is 35.0 Å². The number of carboxylic acid groups (broad SMARTS) is 1. The van der Waals surface area contributed by atoms with E-state index >= 15 is 0 Å². The van der Waals surface area contributed by atoms with Crippen molar-refractivity contribution in [3.05, 3.63) is 81.6 Å². The number of hydrogen-bond acceptors (Lipinski definition) is 4. The Labute approximate surface area is 192 Å². The molecule has 1 aliphatic rings. The van der Waals surface area contributed by atoms with E-state index in [4.69, 9.17) is 5.11 Å². The van der Waals surface area contributed by atoms with Crippen molar-refractivity contribution >= 4 is 33.4 Å². The van der Waals surface area contributed by atoms with E-state index in [2.05, 4.69) is 4.72 Å². The number of nitrogens with one attached hydrogen (secondary N) is 1. The SMILES string of the molecule is O=C(O)C=Cc1ccc2c(c1)CC(NS(=O)(=O)c1ccc(-c3ccsc3)cc1C(F)(F)F)C2. The average Bonchev–Trinajstić information content (AvgIpc) is 3.40. The lowest BCUT2D eigenvalue weighted by atomic mass is 10.1. The van der Waals surface area contributed by atoms with Gasteiger partial charge in [0, 0.05) is 12.1 Å². The Morgan fingerprint density at radius 3 is 2.48 bits per heavy atom. The molecule has 2 N–H and O–H groups in total. The molecule has 0 aliphatic heterocycles. The maximum absolute atomic E-state index is 13.8. The summed E-state index contributed by atoms with van der Waals surface area (Å²) >= 11 is 1.33. The second-order valence-corrected chi connectivity index (χ2v) is 10.1. The average molecular weight is 494 g/mol. The number of rotatable bonds is 6. The Hall–Kier alpha value is -2.95. The number of halogens is 3. The van der Waals surface area contributed by atoms with E-state index in [0.29, 0.717) is 17.5 Å². The first-order valence-corrected chi connectivity index (χ1v) is 12.2. The van der Waals surface area contributed by atoms with Crippen molar-refractivity contribution in [3.8, 4) is 11.1 Å². The summed E-state index contributed by atoms with van der Waals surface area (Å²) in [6, 6.07) is 9.51. The van der Waals surface area contributed by atoms with Gasteiger partial charge in [0.05, 0.1) is 10.5 Å². The summed E-state index contributed by atoms with van der Waals surface area (Å²) < 4.78 is 69.6. The van der Waals surface area contributed by atoms with Crippen LogP contribution in [0.3, 0.4) is 0 Å². The summed E-state index contributed by atoms with van der Waals surface area (Å²) in [5.41, 5.74) is 1.98. The van der Waals surface area contributed by atoms with Gasteiger partial charge < -0.3 is 5.11 Å². The minimum atomic E-state index is -4.85. The number of carboxylic acids is 1. The molecule has 0 bridgehead atoms. The van der Waals surface area contributed by atoms with Crippen LogP contribution in [0.1, 0.15) is 22.3 Å². The first-order chi connectivity index (χ1) is 15.5. The molecule has 0 saturated carbocycles. The number of thiophene rings is 1. The molecular weight excluding hydrogens is 475 g/mol. The van der Waals surface area contributed by atoms with Crippen LogP contribution in [0.15, 0.2) is 64.2 Å². The molecule has 1 aliphatic carbocycles. The maximum Gasteiger partial charge on any atom is 0.417 e. The second-order valence-electron chi connectivity index (χ2n) is 7.65. The molecule has 0 saturated heterocycles. The van der Waals surface area contributed by atoms with Crippen LogP contribution in [-0.4, -0.2) is 25.5 Å². The molecule has 0 fully saturated rings. The summed E-state index contributed by atoms with van der Waals surface area (Å²) in [5.74, 6) is -1.09. The molecule has 5 nitrogen and oxygen atoms in total. The van der Waals surface area contributed by atoms with Crippen molar-refractivity contribution in [3.63, 3.8) is 0 Å². The third-order valence-electron chi connectivity index (χ3n) is 5.33. The number of fused-ring (bicyclic) bond motifs is 1. The smallest absolute Gasteiger partial charge is 0.417 e. The summed E-state index contributed by atoms with van der Waals surface area (Å²) in [5, 5.41) is 12.2. The fraction of sp³-hybridized carbons (Fsp3) is 0.174. The number of sulfonamides is 1. The minimum Gasteiger partial charge on any atom is -0.478 e. The highest BCUT2D eigenvalue weighted by atomic mass is 32.2. The van der Waals surface area contributed by atoms with Crippen LogP contribution in [0, 0.1) is 0 Å². The highest BCUT2D eigenvalue weighted by Crippen LogP contribution is 2.37. The molecule has 0 amide bonds. The molecule has 10 heteroatoms. The molecular formula is C23H18F3NO4S2. The Kier molecular flexibility index (Phi) is 6.17. The molecule has 1 heterocycles. The van der Waals surface area contributed by atoms with Gasteiger partial charge in [0.25, 0.3) is 0 Å². The van der Waals surface area contributed by atoms with Gasteiger partial charge in [-0.05, 0) is 75.7 Å². The minimum absolute atomic E-state index is 0.289. The number of hydrogen-bond donors (Lipinski definition) is 2. The van der Waals surface area contributed by atoms with Gasteiger partial charge in [-0.1, -0.05) is 24.3 Å². The van der Waals surface area contributed by atoms with Crippen molar-refractivity contribution in [1.82, 2.24) is 4.72 Å². The lowest BCUT2D eigenvalue weighted by Crippen LogP contribution is -2.36. The third kappa shape index (κ3) is 5.18. The summed E-state index contributed by atoms with van der Waals surface area (Å²) in [4.78, 5) is 9.88. The molecule has 172 valence electrons. The second kappa shape index (κ2) is 8.77. The Bertz CT molecular complexity index is 1330. The van der Waals surface area contributed by atoms with Gasteiger partial charge in [-0.2, -0.15) is 24.5 Å². The Morgan fingerprint density at radius 2 is 1.82 bits per heavy atom. The number of benzene rings is 2. The van der Waals surface area contributed by atoms with Crippen LogP contribution in [0.4, 0.5) is 13.2 Å². The van der Waals surface area contributed by atoms with Crippen molar-refractivity contribution < 1.29 is 31.5 Å².